The van der Waals surface area contributed by atoms with E-state index >= 15 is 0 Å². The standard InChI is InChI=1S/C5H10N2S.C3H6O2/c1-3-7-5(4-6)8-2;1-3(4)5-2/h3H,1,4,6H2,2H3;1-2H3. The summed E-state index contributed by atoms with van der Waals surface area (Å²) in [6.45, 7) is 5.31. The van der Waals surface area contributed by atoms with Crippen LogP contribution in [-0.4, -0.2) is 30.9 Å². The van der Waals surface area contributed by atoms with Gasteiger partial charge in [-0.1, -0.05) is 6.58 Å². The van der Waals surface area contributed by atoms with Crippen LogP contribution in [0.3, 0.4) is 0 Å². The first-order valence-electron chi connectivity index (χ1n) is 3.58. The average Bonchev–Trinajstić information content (AvgIpc) is 2.15. The van der Waals surface area contributed by atoms with Gasteiger partial charge in [-0.3, -0.25) is 9.79 Å². The van der Waals surface area contributed by atoms with E-state index in [1.54, 1.807) is 11.8 Å². The third-order valence-electron chi connectivity index (χ3n) is 0.933. The second kappa shape index (κ2) is 11.2. The summed E-state index contributed by atoms with van der Waals surface area (Å²) in [4.78, 5) is 13.5. The van der Waals surface area contributed by atoms with E-state index in [2.05, 4.69) is 16.3 Å². The molecule has 0 radical (unpaired) electrons. The molecule has 0 saturated heterocycles. The first-order chi connectivity index (χ1) is 6.12. The van der Waals surface area contributed by atoms with Gasteiger partial charge in [-0.15, -0.1) is 11.8 Å². The normalized spacial score (nSPS) is 9.69. The molecule has 0 bridgehead atoms. The number of thioether (sulfide) groups is 1. The van der Waals surface area contributed by atoms with Crippen LogP contribution >= 0.6 is 11.8 Å². The van der Waals surface area contributed by atoms with Gasteiger partial charge in [0.15, 0.2) is 0 Å². The Morgan fingerprint density at radius 2 is 2.23 bits per heavy atom. The molecule has 2 N–H and O–H groups in total. The molecule has 0 unspecified atom stereocenters. The fourth-order valence-corrected chi connectivity index (χ4v) is 0.637. The van der Waals surface area contributed by atoms with E-state index in [0.29, 0.717) is 6.54 Å². The predicted octanol–water partition coefficient (Wildman–Crippen LogP) is 1.03. The van der Waals surface area contributed by atoms with E-state index in [1.807, 2.05) is 6.26 Å². The molecule has 0 fully saturated rings. The molecule has 0 aliphatic heterocycles. The summed E-state index contributed by atoms with van der Waals surface area (Å²) in [5, 5.41) is 0.917. The topological polar surface area (TPSA) is 64.7 Å². The highest BCUT2D eigenvalue weighted by atomic mass is 32.2. The minimum Gasteiger partial charge on any atom is -0.469 e. The average molecular weight is 204 g/mol. The van der Waals surface area contributed by atoms with Gasteiger partial charge in [-0.2, -0.15) is 0 Å². The maximum atomic E-state index is 9.59. The molecule has 0 amide bonds. The van der Waals surface area contributed by atoms with Gasteiger partial charge in [0, 0.05) is 19.7 Å². The molecule has 0 spiro atoms. The highest BCUT2D eigenvalue weighted by Crippen LogP contribution is 1.94. The number of carbonyl (C=O) groups excluding carboxylic acids is 1. The van der Waals surface area contributed by atoms with Crippen molar-refractivity contribution in [1.29, 1.82) is 0 Å². The second-order valence-electron chi connectivity index (χ2n) is 1.81. The van der Waals surface area contributed by atoms with Gasteiger partial charge >= 0.3 is 5.97 Å². The lowest BCUT2D eigenvalue weighted by molar-refractivity contribution is -0.137. The molecule has 0 aromatic heterocycles. The fraction of sp³-hybridized carbons (Fsp3) is 0.500. The SMILES string of the molecule is C=CN=C(CN)SC.COC(C)=O. The van der Waals surface area contributed by atoms with Gasteiger partial charge in [0.2, 0.25) is 0 Å². The Hall–Kier alpha value is -0.810. The Balaban J connectivity index is 0. The third-order valence-corrected chi connectivity index (χ3v) is 1.68. The quantitative estimate of drug-likeness (QED) is 0.414. The van der Waals surface area contributed by atoms with Crippen LogP contribution in [-0.2, 0) is 9.53 Å². The van der Waals surface area contributed by atoms with Crippen molar-refractivity contribution in [3.05, 3.63) is 12.8 Å². The summed E-state index contributed by atoms with van der Waals surface area (Å²) in [7, 11) is 1.35. The number of nitrogens with two attached hydrogens (primary N) is 1. The second-order valence-corrected chi connectivity index (χ2v) is 2.69. The van der Waals surface area contributed by atoms with E-state index < -0.39 is 0 Å². The summed E-state index contributed by atoms with van der Waals surface area (Å²) in [5.74, 6) is -0.245. The zero-order valence-corrected chi connectivity index (χ0v) is 9.06. The molecule has 0 heterocycles. The number of nitrogens with zero attached hydrogens (tertiary/aromatic N) is 1. The lowest BCUT2D eigenvalue weighted by Crippen LogP contribution is -2.08. The minimum atomic E-state index is -0.245. The summed E-state index contributed by atoms with van der Waals surface area (Å²) in [5.41, 5.74) is 5.27. The zero-order valence-electron chi connectivity index (χ0n) is 8.24. The van der Waals surface area contributed by atoms with Crippen molar-refractivity contribution in [2.75, 3.05) is 19.9 Å². The Morgan fingerprint density at radius 3 is 2.31 bits per heavy atom. The molecular formula is C8H16N2O2S. The first-order valence-corrected chi connectivity index (χ1v) is 4.81. The monoisotopic (exact) mass is 204 g/mol. The molecule has 0 aliphatic rings. The van der Waals surface area contributed by atoms with Gasteiger partial charge in [-0.25, -0.2) is 0 Å². The van der Waals surface area contributed by atoms with Crippen LogP contribution in [0.25, 0.3) is 0 Å². The summed E-state index contributed by atoms with van der Waals surface area (Å²) in [6.07, 6.45) is 3.44. The molecule has 0 aliphatic carbocycles. The van der Waals surface area contributed by atoms with Crippen molar-refractivity contribution in [3.8, 4) is 0 Å². The Labute approximate surface area is 83.2 Å². The zero-order chi connectivity index (χ0) is 10.7. The van der Waals surface area contributed by atoms with Gasteiger partial charge in [-0.05, 0) is 6.26 Å². The number of carbonyl (C=O) groups is 1. The number of rotatable bonds is 2. The number of esters is 1. The van der Waals surface area contributed by atoms with Crippen molar-refractivity contribution in [2.45, 2.75) is 6.92 Å². The van der Waals surface area contributed by atoms with Crippen molar-refractivity contribution in [2.24, 2.45) is 10.7 Å². The van der Waals surface area contributed by atoms with Gasteiger partial charge in [0.1, 0.15) is 0 Å². The van der Waals surface area contributed by atoms with Crippen LogP contribution < -0.4 is 5.73 Å². The smallest absolute Gasteiger partial charge is 0.302 e. The van der Waals surface area contributed by atoms with Gasteiger partial charge in [0.05, 0.1) is 12.2 Å². The van der Waals surface area contributed by atoms with Crippen molar-refractivity contribution >= 4 is 22.8 Å². The molecule has 0 aromatic carbocycles. The largest absolute Gasteiger partial charge is 0.469 e. The Morgan fingerprint density at radius 1 is 1.77 bits per heavy atom. The molecule has 0 aromatic rings. The fourth-order valence-electron chi connectivity index (χ4n) is 0.291. The van der Waals surface area contributed by atoms with Crippen LogP contribution in [0.15, 0.2) is 17.8 Å². The maximum Gasteiger partial charge on any atom is 0.302 e. The van der Waals surface area contributed by atoms with E-state index in [-0.39, 0.29) is 5.97 Å². The predicted molar refractivity (Wildman–Crippen MR) is 57.9 cm³/mol. The van der Waals surface area contributed by atoms with Crippen molar-refractivity contribution in [3.63, 3.8) is 0 Å². The Kier molecular flexibility index (Phi) is 12.7. The lowest BCUT2D eigenvalue weighted by atomic mass is 10.7. The molecule has 76 valence electrons. The molecule has 13 heavy (non-hydrogen) atoms. The van der Waals surface area contributed by atoms with Gasteiger partial charge in [0.25, 0.3) is 0 Å². The number of aliphatic imine (C=N–C) groups is 1. The number of ether oxygens (including phenoxy) is 1. The highest BCUT2D eigenvalue weighted by Gasteiger charge is 1.86. The van der Waals surface area contributed by atoms with Crippen molar-refractivity contribution in [1.82, 2.24) is 0 Å². The van der Waals surface area contributed by atoms with Crippen LogP contribution in [0.2, 0.25) is 0 Å². The molecule has 0 rings (SSSR count). The molecule has 0 atom stereocenters. The number of hydrogen-bond donors (Lipinski definition) is 1. The van der Waals surface area contributed by atoms with E-state index in [0.717, 1.165) is 5.04 Å². The molecule has 4 nitrogen and oxygen atoms in total. The van der Waals surface area contributed by atoms with Crippen LogP contribution in [0.5, 0.6) is 0 Å². The van der Waals surface area contributed by atoms with Crippen molar-refractivity contribution < 1.29 is 9.53 Å². The van der Waals surface area contributed by atoms with E-state index in [4.69, 9.17) is 5.73 Å². The Bertz CT molecular complexity index is 175. The van der Waals surface area contributed by atoms with Crippen LogP contribution in [0, 0.1) is 0 Å². The molecule has 0 saturated carbocycles. The van der Waals surface area contributed by atoms with Crippen LogP contribution in [0.4, 0.5) is 0 Å². The number of methoxy groups -OCH3 is 1. The van der Waals surface area contributed by atoms with Crippen LogP contribution in [0.1, 0.15) is 6.92 Å². The maximum absolute atomic E-state index is 9.59. The summed E-state index contributed by atoms with van der Waals surface area (Å²) >= 11 is 1.55. The highest BCUT2D eigenvalue weighted by molar-refractivity contribution is 8.13. The lowest BCUT2D eigenvalue weighted by Gasteiger charge is -1.92. The first kappa shape index (κ1) is 14.7. The number of hydrogen-bond acceptors (Lipinski definition) is 5. The summed E-state index contributed by atoms with van der Waals surface area (Å²) < 4.78 is 4.11. The summed E-state index contributed by atoms with van der Waals surface area (Å²) in [6, 6.07) is 0. The van der Waals surface area contributed by atoms with Gasteiger partial charge < -0.3 is 10.5 Å². The minimum absolute atomic E-state index is 0.245. The third kappa shape index (κ3) is 14.1. The molecular weight excluding hydrogens is 188 g/mol. The van der Waals surface area contributed by atoms with E-state index in [1.165, 1.54) is 20.2 Å². The van der Waals surface area contributed by atoms with E-state index in [9.17, 15) is 4.79 Å². The molecule has 5 heteroatoms.